The Hall–Kier alpha value is -0.0969. The summed E-state index contributed by atoms with van der Waals surface area (Å²) in [5, 5.41) is 0. The fraction of sp³-hybridized carbons (Fsp3) is 0. The summed E-state index contributed by atoms with van der Waals surface area (Å²) in [4.78, 5) is 10.1. The van der Waals surface area contributed by atoms with Gasteiger partial charge >= 0.3 is 59.0 Å². The van der Waals surface area contributed by atoms with Crippen LogP contribution in [-0.4, -0.2) is 32.2 Å². The predicted molar refractivity (Wildman–Crippen MR) is 35.1 cm³/mol. The second-order valence-electron chi connectivity index (χ2n) is 1.37. The van der Waals surface area contributed by atoms with E-state index in [1.54, 1.807) is 0 Å². The van der Waals surface area contributed by atoms with E-state index in [1.807, 2.05) is 18.2 Å². The standard InChI is InChI=1S/C6H5O.Bi/c1-2-3-4-5-6-7;/h1-4,6H;. The number of carbonyl (C=O) groups excluding carboxylic acids is 1. The number of allylic oxidation sites excluding steroid dienone is 3. The van der Waals surface area contributed by atoms with Gasteiger partial charge in [0.2, 0.25) is 0 Å². The molecule has 0 aliphatic carbocycles. The van der Waals surface area contributed by atoms with Crippen LogP contribution in [0.5, 0.6) is 0 Å². The van der Waals surface area contributed by atoms with Crippen LogP contribution in [0.3, 0.4) is 0 Å². The topological polar surface area (TPSA) is 17.1 Å². The molecule has 0 bridgehead atoms. The molecule has 1 nitrogen and oxygen atoms in total. The molecule has 0 aromatic rings. The van der Waals surface area contributed by atoms with Gasteiger partial charge in [-0.3, -0.25) is 0 Å². The molecule has 0 saturated carbocycles. The average Bonchev–Trinajstić information content (AvgIpc) is 1.90. The van der Waals surface area contributed by atoms with Crippen molar-refractivity contribution in [2.45, 2.75) is 0 Å². The van der Waals surface area contributed by atoms with Gasteiger partial charge in [0.25, 0.3) is 0 Å². The Bertz CT molecular complexity index is 177. The van der Waals surface area contributed by atoms with Crippen LogP contribution in [0.4, 0.5) is 0 Å². The third-order valence-corrected chi connectivity index (χ3v) is 4.21. The molecule has 0 unspecified atom stereocenters. The van der Waals surface area contributed by atoms with Crippen molar-refractivity contribution in [1.29, 1.82) is 0 Å². The van der Waals surface area contributed by atoms with Crippen molar-refractivity contribution in [3.8, 4) is 0 Å². The van der Waals surface area contributed by atoms with E-state index in [0.717, 1.165) is 9.49 Å². The molecule has 1 aliphatic heterocycles. The molecule has 0 N–H and O–H groups in total. The number of carbonyl (C=O) groups is 1. The maximum absolute atomic E-state index is 10.1. The second-order valence-corrected chi connectivity index (χ2v) is 5.54. The van der Waals surface area contributed by atoms with E-state index in [2.05, 4.69) is 3.78 Å². The molecule has 0 saturated heterocycles. The molecule has 2 heteroatoms. The first kappa shape index (κ1) is 6.03. The van der Waals surface area contributed by atoms with Crippen molar-refractivity contribution in [3.05, 3.63) is 22.0 Å². The van der Waals surface area contributed by atoms with Crippen LogP contribution < -0.4 is 0 Å². The molecular formula is C6H5BiO. The van der Waals surface area contributed by atoms with Crippen molar-refractivity contribution in [2.24, 2.45) is 0 Å². The van der Waals surface area contributed by atoms with E-state index in [-0.39, 0.29) is 0 Å². The van der Waals surface area contributed by atoms with Crippen molar-refractivity contribution in [1.82, 2.24) is 0 Å². The van der Waals surface area contributed by atoms with Gasteiger partial charge in [-0.25, -0.2) is 0 Å². The van der Waals surface area contributed by atoms with Gasteiger partial charge in [-0.05, 0) is 0 Å². The summed E-state index contributed by atoms with van der Waals surface area (Å²) in [6, 6.07) is 0. The fourth-order valence-electron chi connectivity index (χ4n) is 0.446. The zero-order valence-electron chi connectivity index (χ0n) is 4.24. The summed E-state index contributed by atoms with van der Waals surface area (Å²) in [7, 11) is 0. The van der Waals surface area contributed by atoms with E-state index in [0.29, 0.717) is 0 Å². The average molecular weight is 302 g/mol. The maximum atomic E-state index is 10.1. The molecule has 1 rings (SSSR count). The third kappa shape index (κ3) is 1.45. The van der Waals surface area contributed by atoms with Crippen LogP contribution in [0, 0.1) is 0 Å². The number of hydrogen-bond acceptors (Lipinski definition) is 1. The van der Waals surface area contributed by atoms with Gasteiger partial charge in [0.05, 0.1) is 0 Å². The Morgan fingerprint density at radius 3 is 2.75 bits per heavy atom. The molecule has 0 aromatic heterocycles. The van der Waals surface area contributed by atoms with Gasteiger partial charge < -0.3 is 0 Å². The van der Waals surface area contributed by atoms with Crippen molar-refractivity contribution >= 4 is 32.2 Å². The molecule has 40 valence electrons. The minimum absolute atomic E-state index is 0.623. The first-order valence-electron chi connectivity index (χ1n) is 2.29. The molecule has 0 atom stereocenters. The number of aldehydes is 1. The summed E-state index contributed by atoms with van der Waals surface area (Å²) < 4.78 is 3.18. The summed E-state index contributed by atoms with van der Waals surface area (Å²) >= 11 is -0.623. The van der Waals surface area contributed by atoms with E-state index in [9.17, 15) is 4.79 Å². The van der Waals surface area contributed by atoms with Gasteiger partial charge in [0.1, 0.15) is 0 Å². The molecule has 1 heterocycles. The van der Waals surface area contributed by atoms with Crippen LogP contribution >= 0.6 is 0 Å². The van der Waals surface area contributed by atoms with Crippen molar-refractivity contribution in [3.63, 3.8) is 0 Å². The monoisotopic (exact) mass is 302 g/mol. The second kappa shape index (κ2) is 3.03. The Labute approximate surface area is 59.1 Å². The van der Waals surface area contributed by atoms with Gasteiger partial charge in [-0.1, -0.05) is 0 Å². The van der Waals surface area contributed by atoms with Crippen molar-refractivity contribution in [2.75, 3.05) is 0 Å². The summed E-state index contributed by atoms with van der Waals surface area (Å²) in [6.45, 7) is 0. The molecule has 0 aromatic carbocycles. The number of hydrogen-bond donors (Lipinski definition) is 0. The Morgan fingerprint density at radius 2 is 2.38 bits per heavy atom. The summed E-state index contributed by atoms with van der Waals surface area (Å²) in [5.41, 5.74) is 0. The minimum atomic E-state index is -0.623. The predicted octanol–water partition coefficient (Wildman–Crippen LogP) is 0.145. The van der Waals surface area contributed by atoms with Crippen LogP contribution in [-0.2, 0) is 4.79 Å². The molecular weight excluding hydrogens is 297 g/mol. The SMILES string of the molecule is O=C[C]1=[Bi][CH]=CC=C1. The van der Waals surface area contributed by atoms with Crippen LogP contribution in [0.1, 0.15) is 0 Å². The van der Waals surface area contributed by atoms with E-state index >= 15 is 0 Å². The quantitative estimate of drug-likeness (QED) is 0.498. The van der Waals surface area contributed by atoms with E-state index in [4.69, 9.17) is 0 Å². The normalized spacial score (nSPS) is 15.8. The van der Waals surface area contributed by atoms with Gasteiger partial charge in [0, 0.05) is 0 Å². The Morgan fingerprint density at radius 1 is 1.50 bits per heavy atom. The Kier molecular flexibility index (Phi) is 2.29. The van der Waals surface area contributed by atoms with E-state index < -0.39 is 22.8 Å². The molecule has 0 amide bonds. The van der Waals surface area contributed by atoms with Gasteiger partial charge in [0.15, 0.2) is 0 Å². The number of rotatable bonds is 1. The molecule has 8 heavy (non-hydrogen) atoms. The van der Waals surface area contributed by atoms with E-state index in [1.165, 1.54) is 0 Å². The molecule has 0 spiro atoms. The zero-order valence-corrected chi connectivity index (χ0v) is 7.72. The summed E-state index contributed by atoms with van der Waals surface area (Å²) in [5.74, 6) is 0. The van der Waals surface area contributed by atoms with Crippen molar-refractivity contribution < 1.29 is 4.79 Å². The van der Waals surface area contributed by atoms with Gasteiger partial charge in [-0.2, -0.15) is 0 Å². The molecule has 0 radical (unpaired) electrons. The van der Waals surface area contributed by atoms with Crippen LogP contribution in [0.2, 0.25) is 0 Å². The first-order chi connectivity index (χ1) is 3.93. The van der Waals surface area contributed by atoms with Gasteiger partial charge in [-0.15, -0.1) is 0 Å². The zero-order chi connectivity index (χ0) is 5.82. The fourth-order valence-corrected chi connectivity index (χ4v) is 2.74. The molecule has 1 aliphatic rings. The third-order valence-electron chi connectivity index (χ3n) is 0.809. The van der Waals surface area contributed by atoms with Crippen LogP contribution in [0.25, 0.3) is 0 Å². The first-order valence-corrected chi connectivity index (χ1v) is 6.04. The summed E-state index contributed by atoms with van der Waals surface area (Å²) in [6.07, 6.45) is 6.81. The molecule has 0 fully saturated rings. The Balaban J connectivity index is 2.82. The van der Waals surface area contributed by atoms with Crippen LogP contribution in [0.15, 0.2) is 22.0 Å².